The second kappa shape index (κ2) is 5.89. The molecule has 24 heavy (non-hydrogen) atoms. The predicted molar refractivity (Wildman–Crippen MR) is 82.9 cm³/mol. The van der Waals surface area contributed by atoms with Gasteiger partial charge in [-0.3, -0.25) is 4.90 Å². The highest BCUT2D eigenvalue weighted by Gasteiger charge is 2.51. The minimum Gasteiger partial charge on any atom is -0.380 e. The number of hydrogen-bond acceptors (Lipinski definition) is 5. The molecule has 0 spiro atoms. The molecule has 0 radical (unpaired) electrons. The third-order valence-corrected chi connectivity index (χ3v) is 4.21. The number of aliphatic hydroxyl groups is 1. The Kier molecular flexibility index (Phi) is 4.16. The van der Waals surface area contributed by atoms with E-state index >= 15 is 0 Å². The highest BCUT2D eigenvalue weighted by atomic mass is 19.4. The lowest BCUT2D eigenvalue weighted by atomic mass is 10.1. The normalized spacial score (nSPS) is 22.0. The van der Waals surface area contributed by atoms with Gasteiger partial charge in [0.25, 0.3) is 0 Å². The summed E-state index contributed by atoms with van der Waals surface area (Å²) in [5.74, 6) is 0.648. The Bertz CT molecular complexity index is 727. The van der Waals surface area contributed by atoms with E-state index in [9.17, 15) is 18.3 Å². The summed E-state index contributed by atoms with van der Waals surface area (Å²) in [5.41, 5.74) is -1.10. The molecule has 2 aromatic rings. The molecule has 3 heterocycles. The number of nitrogens with zero attached hydrogens (tertiary/aromatic N) is 4. The topological polar surface area (TPSA) is 65.7 Å². The highest BCUT2D eigenvalue weighted by molar-refractivity contribution is 5.45. The van der Waals surface area contributed by atoms with Gasteiger partial charge in [0.2, 0.25) is 0 Å². The Hall–Kier alpha value is -1.87. The quantitative estimate of drug-likeness (QED) is 0.887. The summed E-state index contributed by atoms with van der Waals surface area (Å²) >= 11 is 0. The van der Waals surface area contributed by atoms with Crippen LogP contribution in [0.1, 0.15) is 19.0 Å². The molecule has 1 saturated heterocycles. The van der Waals surface area contributed by atoms with Crippen molar-refractivity contribution in [3.8, 4) is 0 Å². The molecular weight excluding hydrogens is 323 g/mol. The summed E-state index contributed by atoms with van der Waals surface area (Å²) in [6.45, 7) is 3.18. The van der Waals surface area contributed by atoms with Crippen molar-refractivity contribution >= 4 is 11.5 Å². The number of β-amino-alcohol motifs (C(OH)–C–C–N with tert-alkyl or cyclic N) is 1. The number of likely N-dealkylation sites (tertiary alicyclic amines) is 1. The SMILES string of the molecule is Cc1cn2nc(NC3CCN(CC(C)(O)C(F)(F)F)C3)ccc2n1. The number of hydrogen-bond donors (Lipinski definition) is 2. The minimum absolute atomic E-state index is 0.0106. The maximum Gasteiger partial charge on any atom is 0.418 e. The summed E-state index contributed by atoms with van der Waals surface area (Å²) in [4.78, 5) is 5.91. The molecule has 1 aliphatic rings. The molecule has 2 aromatic heterocycles. The zero-order chi connectivity index (χ0) is 17.5. The van der Waals surface area contributed by atoms with Crippen LogP contribution in [-0.2, 0) is 0 Å². The van der Waals surface area contributed by atoms with Crippen LogP contribution in [0.4, 0.5) is 19.0 Å². The van der Waals surface area contributed by atoms with Crippen molar-refractivity contribution in [2.75, 3.05) is 25.0 Å². The van der Waals surface area contributed by atoms with Gasteiger partial charge in [0.1, 0.15) is 5.82 Å². The van der Waals surface area contributed by atoms with Crippen molar-refractivity contribution in [2.45, 2.75) is 38.1 Å². The van der Waals surface area contributed by atoms with Gasteiger partial charge in [0, 0.05) is 25.7 Å². The lowest BCUT2D eigenvalue weighted by Crippen LogP contribution is -2.51. The number of halogens is 3. The van der Waals surface area contributed by atoms with Crippen molar-refractivity contribution in [1.82, 2.24) is 19.5 Å². The van der Waals surface area contributed by atoms with Crippen LogP contribution < -0.4 is 5.32 Å². The smallest absolute Gasteiger partial charge is 0.380 e. The minimum atomic E-state index is -4.63. The number of aromatic nitrogens is 3. The first kappa shape index (κ1) is 17.0. The molecule has 0 amide bonds. The van der Waals surface area contributed by atoms with Crippen molar-refractivity contribution in [2.24, 2.45) is 0 Å². The maximum absolute atomic E-state index is 12.8. The maximum atomic E-state index is 12.8. The fourth-order valence-corrected chi connectivity index (χ4v) is 2.91. The number of imidazole rings is 1. The molecule has 3 rings (SSSR count). The average molecular weight is 343 g/mol. The molecule has 2 unspecified atom stereocenters. The van der Waals surface area contributed by atoms with E-state index in [1.165, 1.54) is 0 Å². The van der Waals surface area contributed by atoms with E-state index in [1.54, 1.807) is 15.5 Å². The highest BCUT2D eigenvalue weighted by Crippen LogP contribution is 2.31. The van der Waals surface area contributed by atoms with Gasteiger partial charge in [-0.15, -0.1) is 5.10 Å². The van der Waals surface area contributed by atoms with E-state index < -0.39 is 18.3 Å². The summed E-state index contributed by atoms with van der Waals surface area (Å²) in [6, 6.07) is 3.63. The van der Waals surface area contributed by atoms with Crippen molar-refractivity contribution in [1.29, 1.82) is 0 Å². The zero-order valence-corrected chi connectivity index (χ0v) is 13.5. The second-order valence-corrected chi connectivity index (χ2v) is 6.54. The van der Waals surface area contributed by atoms with Gasteiger partial charge in [-0.2, -0.15) is 13.2 Å². The summed E-state index contributed by atoms with van der Waals surface area (Å²) in [6.07, 6.45) is -2.14. The van der Waals surface area contributed by atoms with Crippen molar-refractivity contribution < 1.29 is 18.3 Å². The summed E-state index contributed by atoms with van der Waals surface area (Å²) < 4.78 is 40.0. The third-order valence-electron chi connectivity index (χ3n) is 4.21. The van der Waals surface area contributed by atoms with Crippen LogP contribution in [0.5, 0.6) is 0 Å². The van der Waals surface area contributed by atoms with Crippen LogP contribution in [0.3, 0.4) is 0 Å². The molecule has 132 valence electrons. The zero-order valence-electron chi connectivity index (χ0n) is 13.5. The van der Waals surface area contributed by atoms with Crippen LogP contribution in [0.25, 0.3) is 5.65 Å². The van der Waals surface area contributed by atoms with Crippen LogP contribution in [0, 0.1) is 6.92 Å². The third kappa shape index (κ3) is 3.46. The van der Waals surface area contributed by atoms with Gasteiger partial charge in [-0.05, 0) is 32.4 Å². The summed E-state index contributed by atoms with van der Waals surface area (Å²) in [5, 5.41) is 17.2. The van der Waals surface area contributed by atoms with Crippen molar-refractivity contribution in [3.63, 3.8) is 0 Å². The Morgan fingerprint density at radius 3 is 2.83 bits per heavy atom. The molecule has 6 nitrogen and oxygen atoms in total. The Labute approximate surface area is 137 Å². The van der Waals surface area contributed by atoms with E-state index in [1.807, 2.05) is 19.2 Å². The van der Waals surface area contributed by atoms with Gasteiger partial charge in [-0.25, -0.2) is 9.50 Å². The van der Waals surface area contributed by atoms with E-state index in [0.29, 0.717) is 25.3 Å². The molecule has 1 fully saturated rings. The van der Waals surface area contributed by atoms with Crippen LogP contribution in [0.2, 0.25) is 0 Å². The first-order chi connectivity index (χ1) is 11.1. The van der Waals surface area contributed by atoms with Gasteiger partial charge in [0.15, 0.2) is 11.2 Å². The van der Waals surface area contributed by atoms with Gasteiger partial charge in [-0.1, -0.05) is 0 Å². The number of fused-ring (bicyclic) bond motifs is 1. The number of nitrogens with one attached hydrogen (secondary N) is 1. The molecule has 0 bridgehead atoms. The molecule has 9 heteroatoms. The van der Waals surface area contributed by atoms with E-state index in [-0.39, 0.29) is 6.04 Å². The first-order valence-corrected chi connectivity index (χ1v) is 7.75. The van der Waals surface area contributed by atoms with Gasteiger partial charge < -0.3 is 10.4 Å². The van der Waals surface area contributed by atoms with E-state index in [4.69, 9.17) is 0 Å². The number of anilines is 1. The molecule has 1 aliphatic heterocycles. The number of rotatable bonds is 4. The average Bonchev–Trinajstić information content (AvgIpc) is 3.02. The lowest BCUT2D eigenvalue weighted by molar-refractivity contribution is -0.256. The Balaban J connectivity index is 1.61. The number of aryl methyl sites for hydroxylation is 1. The molecule has 0 aromatic carbocycles. The Morgan fingerprint density at radius 1 is 1.38 bits per heavy atom. The van der Waals surface area contributed by atoms with Crippen LogP contribution in [0.15, 0.2) is 18.3 Å². The molecule has 2 N–H and O–H groups in total. The monoisotopic (exact) mass is 343 g/mol. The van der Waals surface area contributed by atoms with Crippen LogP contribution in [-0.4, -0.2) is 62.1 Å². The van der Waals surface area contributed by atoms with Gasteiger partial charge >= 0.3 is 6.18 Å². The number of alkyl halides is 3. The lowest BCUT2D eigenvalue weighted by Gasteiger charge is -2.30. The second-order valence-electron chi connectivity index (χ2n) is 6.54. The largest absolute Gasteiger partial charge is 0.418 e. The Morgan fingerprint density at radius 2 is 2.12 bits per heavy atom. The molecule has 0 saturated carbocycles. The summed E-state index contributed by atoms with van der Waals surface area (Å²) in [7, 11) is 0. The molecular formula is C15H20F3N5O. The fourth-order valence-electron chi connectivity index (χ4n) is 2.91. The fraction of sp³-hybridized carbons (Fsp3) is 0.600. The molecule has 2 atom stereocenters. The van der Waals surface area contributed by atoms with Crippen molar-refractivity contribution in [3.05, 3.63) is 24.0 Å². The van der Waals surface area contributed by atoms with E-state index in [2.05, 4.69) is 15.4 Å². The standard InChI is InChI=1S/C15H20F3N5O/c1-10-7-23-13(19-10)4-3-12(21-23)20-11-5-6-22(8-11)9-14(2,24)15(16,17)18/h3-4,7,11,24H,5-6,8-9H2,1-2H3,(H,20,21). The predicted octanol–water partition coefficient (Wildman–Crippen LogP) is 1.84. The van der Waals surface area contributed by atoms with E-state index in [0.717, 1.165) is 18.3 Å². The first-order valence-electron chi connectivity index (χ1n) is 7.75. The van der Waals surface area contributed by atoms with Crippen LogP contribution >= 0.6 is 0 Å². The molecule has 0 aliphatic carbocycles. The van der Waals surface area contributed by atoms with Gasteiger partial charge in [0.05, 0.1) is 11.9 Å².